The van der Waals surface area contributed by atoms with Crippen LogP contribution in [0.2, 0.25) is 0 Å². The zero-order valence-electron chi connectivity index (χ0n) is 18.4. The van der Waals surface area contributed by atoms with Crippen molar-refractivity contribution in [3.63, 3.8) is 0 Å². The molecule has 34 heavy (non-hydrogen) atoms. The van der Waals surface area contributed by atoms with Gasteiger partial charge in [0.25, 0.3) is 11.8 Å². The number of halogens is 2. The van der Waals surface area contributed by atoms with Gasteiger partial charge in [-0.3, -0.25) is 14.4 Å². The fourth-order valence-corrected chi connectivity index (χ4v) is 3.84. The molecule has 0 aliphatic carbocycles. The van der Waals surface area contributed by atoms with E-state index in [1.54, 1.807) is 13.8 Å². The molecule has 2 N–H and O–H groups in total. The van der Waals surface area contributed by atoms with Gasteiger partial charge in [-0.1, -0.05) is 11.2 Å². The second-order valence-electron chi connectivity index (χ2n) is 8.01. The molecule has 2 amide bonds. The third-order valence-electron chi connectivity index (χ3n) is 5.69. The average Bonchev–Trinajstić information content (AvgIpc) is 2.79. The molecule has 0 spiro atoms. The summed E-state index contributed by atoms with van der Waals surface area (Å²) < 4.78 is 34.0. The lowest BCUT2D eigenvalue weighted by Gasteiger charge is -2.39. The lowest BCUT2D eigenvalue weighted by molar-refractivity contribution is 0.00344. The van der Waals surface area contributed by atoms with E-state index < -0.39 is 46.4 Å². The lowest BCUT2D eigenvalue weighted by Crippen LogP contribution is -2.50. The second kappa shape index (κ2) is 9.12. The smallest absolute Gasteiger partial charge is 0.275 e. The molecule has 2 aromatic rings. The van der Waals surface area contributed by atoms with Crippen LogP contribution in [0.1, 0.15) is 52.9 Å². The minimum atomic E-state index is -1.06. The standard InChI is InChI=1S/C22H22F2N4O6/c1-11-5-6-33-26-12(2)34-17-10-27(11)22(32)18-20(30)19(29)15(9-28(17)18)21(31)25-8-13-3-4-14(23)7-16(13)24/h3-4,7,9,11,17,30H,5-6,8,10H2,1-2H3,(H,25,31)/b26-12-/t11-,17-/m0/s1. The Morgan fingerprint density at radius 1 is 1.32 bits per heavy atom. The van der Waals surface area contributed by atoms with Crippen LogP contribution >= 0.6 is 0 Å². The maximum absolute atomic E-state index is 13.9. The molecule has 180 valence electrons. The van der Waals surface area contributed by atoms with Gasteiger partial charge in [0.1, 0.15) is 23.8 Å². The van der Waals surface area contributed by atoms with Crippen LogP contribution in [0.15, 0.2) is 34.3 Å². The fraction of sp³-hybridized carbons (Fsp3) is 0.364. The highest BCUT2D eigenvalue weighted by Crippen LogP contribution is 2.29. The van der Waals surface area contributed by atoms with Gasteiger partial charge in [0.2, 0.25) is 11.3 Å². The molecule has 1 aromatic heterocycles. The number of nitrogens with zero attached hydrogens (tertiary/aromatic N) is 3. The van der Waals surface area contributed by atoms with Crippen molar-refractivity contribution in [3.05, 3.63) is 63.1 Å². The Labute approximate surface area is 192 Å². The molecule has 2 aliphatic rings. The van der Waals surface area contributed by atoms with E-state index in [1.165, 1.54) is 9.47 Å². The molecule has 0 unspecified atom stereocenters. The Morgan fingerprint density at radius 3 is 2.82 bits per heavy atom. The molecular formula is C22H22F2N4O6. The van der Waals surface area contributed by atoms with Crippen LogP contribution in [0.4, 0.5) is 8.78 Å². The summed E-state index contributed by atoms with van der Waals surface area (Å²) >= 11 is 0. The highest BCUT2D eigenvalue weighted by molar-refractivity contribution is 5.99. The van der Waals surface area contributed by atoms with Crippen molar-refractivity contribution >= 4 is 17.7 Å². The van der Waals surface area contributed by atoms with Crippen molar-refractivity contribution < 1.29 is 33.1 Å². The molecule has 0 radical (unpaired) electrons. The summed E-state index contributed by atoms with van der Waals surface area (Å²) in [5.41, 5.74) is -1.86. The van der Waals surface area contributed by atoms with Gasteiger partial charge in [0.15, 0.2) is 17.7 Å². The first kappa shape index (κ1) is 23.2. The minimum Gasteiger partial charge on any atom is -0.503 e. The fourth-order valence-electron chi connectivity index (χ4n) is 3.84. The summed E-state index contributed by atoms with van der Waals surface area (Å²) in [5.74, 6) is -3.91. The molecule has 4 rings (SSSR count). The van der Waals surface area contributed by atoms with E-state index >= 15 is 0 Å². The van der Waals surface area contributed by atoms with Crippen LogP contribution in [0.5, 0.6) is 5.75 Å². The Balaban J connectivity index is 1.70. The van der Waals surface area contributed by atoms with Gasteiger partial charge in [-0.2, -0.15) is 0 Å². The van der Waals surface area contributed by atoms with E-state index in [0.717, 1.165) is 18.3 Å². The van der Waals surface area contributed by atoms with Crippen LogP contribution in [0.25, 0.3) is 0 Å². The van der Waals surface area contributed by atoms with Crippen molar-refractivity contribution in [1.29, 1.82) is 0 Å². The van der Waals surface area contributed by atoms with E-state index in [0.29, 0.717) is 12.5 Å². The van der Waals surface area contributed by atoms with Crippen LogP contribution in [-0.4, -0.2) is 51.5 Å². The van der Waals surface area contributed by atoms with Crippen molar-refractivity contribution in [1.82, 2.24) is 14.8 Å². The van der Waals surface area contributed by atoms with Crippen LogP contribution < -0.4 is 10.7 Å². The molecule has 2 bridgehead atoms. The average molecular weight is 476 g/mol. The monoisotopic (exact) mass is 476 g/mol. The van der Waals surface area contributed by atoms with Crippen LogP contribution in [0.3, 0.4) is 0 Å². The van der Waals surface area contributed by atoms with Crippen molar-refractivity contribution in [2.24, 2.45) is 5.16 Å². The first-order valence-electron chi connectivity index (χ1n) is 10.5. The summed E-state index contributed by atoms with van der Waals surface area (Å²) in [6.45, 7) is 3.31. The third-order valence-corrected chi connectivity index (χ3v) is 5.69. The third kappa shape index (κ3) is 4.30. The SMILES string of the molecule is C/C1=N/OCC[C@H](C)N2C[C@H](O1)n1cc(C(=O)NCc3ccc(F)cc3F)c(=O)c(O)c1C2=O. The maximum atomic E-state index is 13.9. The van der Waals surface area contributed by atoms with Gasteiger partial charge in [-0.05, 0) is 13.0 Å². The zero-order valence-corrected chi connectivity index (χ0v) is 18.4. The molecule has 12 heteroatoms. The number of carbonyl (C=O) groups excluding carboxylic acids is 2. The molecule has 0 fully saturated rings. The first-order chi connectivity index (χ1) is 16.2. The van der Waals surface area contributed by atoms with Gasteiger partial charge in [0, 0.05) is 43.8 Å². The van der Waals surface area contributed by atoms with E-state index in [4.69, 9.17) is 9.57 Å². The predicted molar refractivity (Wildman–Crippen MR) is 114 cm³/mol. The largest absolute Gasteiger partial charge is 0.503 e. The molecular weight excluding hydrogens is 454 g/mol. The number of ether oxygens (including phenoxy) is 1. The number of hydrogen-bond acceptors (Lipinski definition) is 7. The number of pyridine rings is 1. The van der Waals surface area contributed by atoms with Crippen molar-refractivity contribution in [2.75, 3.05) is 13.2 Å². The number of benzene rings is 1. The number of nitrogens with one attached hydrogen (secondary N) is 1. The van der Waals surface area contributed by atoms with E-state index in [1.807, 2.05) is 0 Å². The highest BCUT2D eigenvalue weighted by atomic mass is 19.1. The number of carbonyl (C=O) groups is 2. The van der Waals surface area contributed by atoms with E-state index in [-0.39, 0.29) is 42.9 Å². The number of fused-ring (bicyclic) bond motifs is 4. The van der Waals surface area contributed by atoms with Crippen LogP contribution in [0, 0.1) is 11.6 Å². The van der Waals surface area contributed by atoms with Crippen LogP contribution in [-0.2, 0) is 16.1 Å². The van der Waals surface area contributed by atoms with E-state index in [2.05, 4.69) is 10.5 Å². The number of hydrogen-bond donors (Lipinski definition) is 2. The lowest BCUT2D eigenvalue weighted by atomic mass is 10.1. The second-order valence-corrected chi connectivity index (χ2v) is 8.01. The Hall–Kier alpha value is -3.96. The summed E-state index contributed by atoms with van der Waals surface area (Å²) in [7, 11) is 0. The number of rotatable bonds is 3. The molecule has 1 aromatic carbocycles. The predicted octanol–water partition coefficient (Wildman–Crippen LogP) is 1.88. The summed E-state index contributed by atoms with van der Waals surface area (Å²) in [6.07, 6.45) is 0.659. The maximum Gasteiger partial charge on any atom is 0.275 e. The minimum absolute atomic E-state index is 0.000607. The highest BCUT2D eigenvalue weighted by Gasteiger charge is 2.39. The van der Waals surface area contributed by atoms with E-state index in [9.17, 15) is 28.3 Å². The van der Waals surface area contributed by atoms with Gasteiger partial charge in [0.05, 0.1) is 6.54 Å². The Morgan fingerprint density at radius 2 is 2.09 bits per heavy atom. The Kier molecular flexibility index (Phi) is 6.22. The van der Waals surface area contributed by atoms with Gasteiger partial charge in [-0.25, -0.2) is 8.78 Å². The molecule has 2 atom stereocenters. The van der Waals surface area contributed by atoms with Gasteiger partial charge >= 0.3 is 0 Å². The number of oxime groups is 1. The molecule has 0 saturated heterocycles. The topological polar surface area (TPSA) is 122 Å². The molecule has 2 aliphatic heterocycles. The number of amides is 2. The van der Waals surface area contributed by atoms with Crippen molar-refractivity contribution in [2.45, 2.75) is 39.1 Å². The summed E-state index contributed by atoms with van der Waals surface area (Å²) in [5, 5.41) is 16.8. The first-order valence-corrected chi connectivity index (χ1v) is 10.5. The molecule has 0 saturated carbocycles. The zero-order chi connectivity index (χ0) is 24.6. The summed E-state index contributed by atoms with van der Waals surface area (Å²) in [4.78, 5) is 45.3. The van der Waals surface area contributed by atoms with Gasteiger partial charge in [-0.15, -0.1) is 0 Å². The normalized spacial score (nSPS) is 21.5. The van der Waals surface area contributed by atoms with Gasteiger partial charge < -0.3 is 29.5 Å². The number of aromatic nitrogens is 1. The quantitative estimate of drug-likeness (QED) is 0.698. The molecule has 10 nitrogen and oxygen atoms in total. The summed E-state index contributed by atoms with van der Waals surface area (Å²) in [6, 6.07) is 2.56. The number of aromatic hydroxyl groups is 1. The van der Waals surface area contributed by atoms with Crippen molar-refractivity contribution in [3.8, 4) is 5.75 Å². The Bertz CT molecular complexity index is 1240. The molecule has 3 heterocycles.